The number of ether oxygens (including phenoxy) is 1. The van der Waals surface area contributed by atoms with Crippen LogP contribution in [-0.2, 0) is 0 Å². The maximum atomic E-state index is 13.0. The van der Waals surface area contributed by atoms with E-state index in [4.69, 9.17) is 20.8 Å². The number of anilines is 1. The Morgan fingerprint density at radius 3 is 2.56 bits per heavy atom. The molecule has 3 aromatic rings. The highest BCUT2D eigenvalue weighted by molar-refractivity contribution is 6.35. The van der Waals surface area contributed by atoms with Crippen molar-refractivity contribution >= 4 is 34.2 Å². The number of para-hydroxylation sites is 1. The first-order chi connectivity index (χ1) is 13.1. The number of rotatable bonds is 3. The van der Waals surface area contributed by atoms with Crippen LogP contribution in [0, 0.1) is 6.92 Å². The first-order valence-corrected chi connectivity index (χ1v) is 9.32. The summed E-state index contributed by atoms with van der Waals surface area (Å²) in [5, 5.41) is 1.42. The number of fused-ring (bicyclic) bond motifs is 1. The van der Waals surface area contributed by atoms with Gasteiger partial charge in [-0.1, -0.05) is 29.8 Å². The van der Waals surface area contributed by atoms with Crippen LogP contribution in [0.4, 0.5) is 5.69 Å². The smallest absolute Gasteiger partial charge is 0.290 e. The number of nitrogens with zero attached hydrogens (tertiary/aromatic N) is 2. The molecule has 0 bridgehead atoms. The molecule has 0 N–H and O–H groups in total. The summed E-state index contributed by atoms with van der Waals surface area (Å²) in [5.74, 6) is 1.14. The highest BCUT2D eigenvalue weighted by Crippen LogP contribution is 2.31. The zero-order valence-electron chi connectivity index (χ0n) is 15.4. The van der Waals surface area contributed by atoms with Gasteiger partial charge in [-0.15, -0.1) is 0 Å². The minimum atomic E-state index is -0.0786. The second-order valence-electron chi connectivity index (χ2n) is 6.65. The molecule has 1 aliphatic rings. The molecule has 4 rings (SSSR count). The second-order valence-corrected chi connectivity index (χ2v) is 7.06. The molecule has 1 aliphatic heterocycles. The van der Waals surface area contributed by atoms with Gasteiger partial charge in [0.2, 0.25) is 0 Å². The number of carbonyl (C=O) groups is 1. The third kappa shape index (κ3) is 3.23. The van der Waals surface area contributed by atoms with Crippen LogP contribution in [0.2, 0.25) is 5.02 Å². The fraction of sp³-hybridized carbons (Fsp3) is 0.286. The van der Waals surface area contributed by atoms with Gasteiger partial charge in [-0.05, 0) is 25.1 Å². The molecular formula is C21H21ClN2O3. The van der Waals surface area contributed by atoms with E-state index in [9.17, 15) is 4.79 Å². The van der Waals surface area contributed by atoms with E-state index >= 15 is 0 Å². The van der Waals surface area contributed by atoms with Crippen LogP contribution >= 0.6 is 11.6 Å². The molecule has 0 spiro atoms. The normalized spacial score (nSPS) is 14.6. The van der Waals surface area contributed by atoms with E-state index in [1.807, 2.05) is 42.2 Å². The van der Waals surface area contributed by atoms with Crippen LogP contribution in [0.15, 0.2) is 46.9 Å². The van der Waals surface area contributed by atoms with E-state index in [0.29, 0.717) is 29.5 Å². The number of benzene rings is 2. The van der Waals surface area contributed by atoms with Crippen molar-refractivity contribution in [2.75, 3.05) is 38.2 Å². The number of aryl methyl sites for hydroxylation is 1. The average Bonchev–Trinajstić information content (AvgIpc) is 3.06. The summed E-state index contributed by atoms with van der Waals surface area (Å²) in [5.41, 5.74) is 2.52. The largest absolute Gasteiger partial charge is 0.497 e. The molecule has 0 radical (unpaired) electrons. The summed E-state index contributed by atoms with van der Waals surface area (Å²) in [6, 6.07) is 13.6. The first-order valence-electron chi connectivity index (χ1n) is 8.94. The Morgan fingerprint density at radius 2 is 1.85 bits per heavy atom. The molecule has 1 saturated heterocycles. The first kappa shape index (κ1) is 17.7. The molecule has 2 aromatic carbocycles. The third-order valence-corrected chi connectivity index (χ3v) is 5.39. The Kier molecular flexibility index (Phi) is 4.70. The molecule has 1 aromatic heterocycles. The summed E-state index contributed by atoms with van der Waals surface area (Å²) in [6.07, 6.45) is 0. The third-order valence-electron chi connectivity index (χ3n) is 5.10. The lowest BCUT2D eigenvalue weighted by atomic mass is 10.1. The molecule has 6 heteroatoms. The molecule has 1 amide bonds. The van der Waals surface area contributed by atoms with Crippen LogP contribution in [0.5, 0.6) is 5.75 Å². The van der Waals surface area contributed by atoms with Crippen molar-refractivity contribution in [1.82, 2.24) is 4.90 Å². The summed E-state index contributed by atoms with van der Waals surface area (Å²) in [7, 11) is 1.66. The maximum absolute atomic E-state index is 13.0. The highest BCUT2D eigenvalue weighted by atomic mass is 35.5. The van der Waals surface area contributed by atoms with Crippen molar-refractivity contribution in [1.29, 1.82) is 0 Å². The predicted molar refractivity (Wildman–Crippen MR) is 107 cm³/mol. The molecule has 27 heavy (non-hydrogen) atoms. The molecule has 140 valence electrons. The standard InChI is InChI=1S/C21H21ClN2O3/c1-14-17-7-4-8-18(22)20(17)27-19(14)21(25)24-11-9-23(10-12-24)15-5-3-6-16(13-15)26-2/h3-8,13H,9-12H2,1-2H3. The second kappa shape index (κ2) is 7.16. The topological polar surface area (TPSA) is 45.9 Å². The molecule has 0 saturated carbocycles. The van der Waals surface area contributed by atoms with Gasteiger partial charge in [0.1, 0.15) is 5.75 Å². The summed E-state index contributed by atoms with van der Waals surface area (Å²) in [4.78, 5) is 17.1. The van der Waals surface area contributed by atoms with Crippen LogP contribution in [0.1, 0.15) is 16.1 Å². The SMILES string of the molecule is COc1cccc(N2CCN(C(=O)c3oc4c(Cl)cccc4c3C)CC2)c1. The van der Waals surface area contributed by atoms with Crippen molar-refractivity contribution in [3.8, 4) is 5.75 Å². The van der Waals surface area contributed by atoms with Gasteiger partial charge in [0.15, 0.2) is 11.3 Å². The minimum absolute atomic E-state index is 0.0786. The molecule has 5 nitrogen and oxygen atoms in total. The fourth-order valence-corrected chi connectivity index (χ4v) is 3.74. The van der Waals surface area contributed by atoms with Crippen LogP contribution in [-0.4, -0.2) is 44.1 Å². The quantitative estimate of drug-likeness (QED) is 0.672. The zero-order chi connectivity index (χ0) is 19.0. The molecule has 0 aliphatic carbocycles. The summed E-state index contributed by atoms with van der Waals surface area (Å²) >= 11 is 6.21. The molecule has 1 fully saturated rings. The van der Waals surface area contributed by atoms with E-state index in [1.165, 1.54) is 0 Å². The van der Waals surface area contributed by atoms with Crippen LogP contribution in [0.3, 0.4) is 0 Å². The van der Waals surface area contributed by atoms with Crippen molar-refractivity contribution < 1.29 is 13.9 Å². The van der Waals surface area contributed by atoms with Crippen molar-refractivity contribution in [2.24, 2.45) is 0 Å². The number of amides is 1. The van der Waals surface area contributed by atoms with Gasteiger partial charge in [-0.3, -0.25) is 4.79 Å². The van der Waals surface area contributed by atoms with E-state index in [-0.39, 0.29) is 5.91 Å². The molecule has 2 heterocycles. The fourth-order valence-electron chi connectivity index (χ4n) is 3.53. The number of carbonyl (C=O) groups excluding carboxylic acids is 1. The number of hydrogen-bond donors (Lipinski definition) is 0. The number of hydrogen-bond acceptors (Lipinski definition) is 4. The van der Waals surface area contributed by atoms with Crippen LogP contribution < -0.4 is 9.64 Å². The van der Waals surface area contributed by atoms with Gasteiger partial charge in [-0.25, -0.2) is 0 Å². The zero-order valence-corrected chi connectivity index (χ0v) is 16.1. The van der Waals surface area contributed by atoms with Gasteiger partial charge in [0.05, 0.1) is 12.1 Å². The Balaban J connectivity index is 1.50. The lowest BCUT2D eigenvalue weighted by Gasteiger charge is -2.35. The number of methoxy groups -OCH3 is 1. The summed E-state index contributed by atoms with van der Waals surface area (Å²) in [6.45, 7) is 4.71. The average molecular weight is 385 g/mol. The minimum Gasteiger partial charge on any atom is -0.497 e. The van der Waals surface area contributed by atoms with Gasteiger partial charge < -0.3 is 19.0 Å². The Labute approximate surface area is 163 Å². The van der Waals surface area contributed by atoms with Gasteiger partial charge in [0.25, 0.3) is 5.91 Å². The monoisotopic (exact) mass is 384 g/mol. The van der Waals surface area contributed by atoms with Gasteiger partial charge >= 0.3 is 0 Å². The Morgan fingerprint density at radius 1 is 1.11 bits per heavy atom. The van der Waals surface area contributed by atoms with Crippen molar-refractivity contribution in [3.05, 3.63) is 58.8 Å². The Bertz CT molecular complexity index is 990. The van der Waals surface area contributed by atoms with E-state index in [2.05, 4.69) is 11.0 Å². The van der Waals surface area contributed by atoms with E-state index in [1.54, 1.807) is 13.2 Å². The molecular weight excluding hydrogens is 364 g/mol. The van der Waals surface area contributed by atoms with Crippen molar-refractivity contribution in [3.63, 3.8) is 0 Å². The number of piperazine rings is 1. The number of furan rings is 1. The van der Waals surface area contributed by atoms with E-state index < -0.39 is 0 Å². The Hall–Kier alpha value is -2.66. The van der Waals surface area contributed by atoms with Gasteiger partial charge in [-0.2, -0.15) is 0 Å². The maximum Gasteiger partial charge on any atom is 0.290 e. The lowest BCUT2D eigenvalue weighted by Crippen LogP contribution is -2.48. The van der Waals surface area contributed by atoms with Crippen molar-refractivity contribution in [2.45, 2.75) is 6.92 Å². The number of halogens is 1. The molecule has 0 atom stereocenters. The lowest BCUT2D eigenvalue weighted by molar-refractivity contribution is 0.0716. The molecule has 0 unspecified atom stereocenters. The highest BCUT2D eigenvalue weighted by Gasteiger charge is 2.27. The summed E-state index contributed by atoms with van der Waals surface area (Å²) < 4.78 is 11.1. The van der Waals surface area contributed by atoms with Gasteiger partial charge in [0, 0.05) is 48.9 Å². The van der Waals surface area contributed by atoms with E-state index in [0.717, 1.165) is 35.5 Å². The van der Waals surface area contributed by atoms with Crippen LogP contribution in [0.25, 0.3) is 11.0 Å². The predicted octanol–water partition coefficient (Wildman–Crippen LogP) is 4.37.